The summed E-state index contributed by atoms with van der Waals surface area (Å²) < 4.78 is 5.94. The van der Waals surface area contributed by atoms with Crippen LogP contribution in [-0.4, -0.2) is 22.8 Å². The first-order valence-electron chi connectivity index (χ1n) is 3.09. The van der Waals surface area contributed by atoms with Crippen LogP contribution in [0, 0.1) is 0 Å². The van der Waals surface area contributed by atoms with Crippen LogP contribution < -0.4 is 0 Å². The number of hydrogen-bond acceptors (Lipinski definition) is 3. The van der Waals surface area contributed by atoms with Crippen LogP contribution in [0.4, 0.5) is 0 Å². The maximum Gasteiger partial charge on any atom is 0.358 e. The Morgan fingerprint density at radius 2 is 2.36 bits per heavy atom. The van der Waals surface area contributed by atoms with Gasteiger partial charge in [0.1, 0.15) is 5.75 Å². The van der Waals surface area contributed by atoms with E-state index in [0.29, 0.717) is 0 Å². The molecule has 0 saturated carbocycles. The van der Waals surface area contributed by atoms with Crippen molar-refractivity contribution >= 4 is 5.97 Å². The third kappa shape index (κ3) is 1.19. The zero-order valence-electron chi connectivity index (χ0n) is 6.37. The summed E-state index contributed by atoms with van der Waals surface area (Å²) in [5.41, 5.74) is 0.174. The first-order chi connectivity index (χ1) is 5.16. The third-order valence-electron chi connectivity index (χ3n) is 1.43. The van der Waals surface area contributed by atoms with Crippen molar-refractivity contribution < 1.29 is 14.6 Å². The van der Waals surface area contributed by atoms with Crippen LogP contribution >= 0.6 is 0 Å². The lowest BCUT2D eigenvalue weighted by atomic mass is 10.4. The van der Waals surface area contributed by atoms with Gasteiger partial charge in [-0.3, -0.25) is 0 Å². The molecule has 60 valence electrons. The minimum Gasteiger partial charge on any atom is -0.505 e. The number of carbonyl (C=O) groups is 1. The van der Waals surface area contributed by atoms with E-state index >= 15 is 0 Å². The van der Waals surface area contributed by atoms with Crippen LogP contribution in [0.2, 0.25) is 0 Å². The minimum absolute atomic E-state index is 0.0562. The van der Waals surface area contributed by atoms with Gasteiger partial charge in [0.15, 0.2) is 5.69 Å². The van der Waals surface area contributed by atoms with Crippen LogP contribution in [0.3, 0.4) is 0 Å². The van der Waals surface area contributed by atoms with Gasteiger partial charge in [0.2, 0.25) is 0 Å². The molecular formula is C7H9NO3. The van der Waals surface area contributed by atoms with Gasteiger partial charge in [-0.1, -0.05) is 0 Å². The SMILES string of the molecule is COC(=O)c1c(O)ccn1C. The number of methoxy groups -OCH3 is 1. The molecule has 11 heavy (non-hydrogen) atoms. The normalized spacial score (nSPS) is 9.64. The zero-order valence-corrected chi connectivity index (χ0v) is 6.37. The summed E-state index contributed by atoms with van der Waals surface area (Å²) in [5, 5.41) is 9.11. The molecule has 4 heteroatoms. The van der Waals surface area contributed by atoms with E-state index in [1.165, 1.54) is 17.7 Å². The van der Waals surface area contributed by atoms with E-state index in [9.17, 15) is 4.79 Å². The van der Waals surface area contributed by atoms with E-state index in [1.807, 2.05) is 0 Å². The predicted octanol–water partition coefficient (Wildman–Crippen LogP) is 0.517. The molecule has 1 N–H and O–H groups in total. The molecule has 0 amide bonds. The van der Waals surface area contributed by atoms with E-state index in [1.54, 1.807) is 13.2 Å². The number of carbonyl (C=O) groups excluding carboxylic acids is 1. The third-order valence-corrected chi connectivity index (χ3v) is 1.43. The molecule has 0 aliphatic rings. The fraction of sp³-hybridized carbons (Fsp3) is 0.286. The molecule has 1 rings (SSSR count). The summed E-state index contributed by atoms with van der Waals surface area (Å²) in [5.74, 6) is -0.589. The highest BCUT2D eigenvalue weighted by molar-refractivity contribution is 5.90. The molecule has 0 bridgehead atoms. The Hall–Kier alpha value is -1.45. The first kappa shape index (κ1) is 7.65. The van der Waals surface area contributed by atoms with Gasteiger partial charge >= 0.3 is 5.97 Å². The number of nitrogens with zero attached hydrogens (tertiary/aromatic N) is 1. The van der Waals surface area contributed by atoms with Gasteiger partial charge in [-0.2, -0.15) is 0 Å². The van der Waals surface area contributed by atoms with Crippen LogP contribution in [0.1, 0.15) is 10.5 Å². The summed E-state index contributed by atoms with van der Waals surface area (Å²) in [4.78, 5) is 10.9. The van der Waals surface area contributed by atoms with Crippen LogP contribution in [0.25, 0.3) is 0 Å². The van der Waals surface area contributed by atoms with Crippen molar-refractivity contribution in [2.45, 2.75) is 0 Å². The topological polar surface area (TPSA) is 51.5 Å². The Morgan fingerprint density at radius 1 is 1.73 bits per heavy atom. The van der Waals surface area contributed by atoms with E-state index in [-0.39, 0.29) is 11.4 Å². The quantitative estimate of drug-likeness (QED) is 0.601. The van der Waals surface area contributed by atoms with Crippen molar-refractivity contribution in [2.24, 2.45) is 7.05 Å². The lowest BCUT2D eigenvalue weighted by Crippen LogP contribution is -2.06. The predicted molar refractivity (Wildman–Crippen MR) is 38.4 cm³/mol. The number of aromatic hydroxyl groups is 1. The highest BCUT2D eigenvalue weighted by atomic mass is 16.5. The van der Waals surface area contributed by atoms with Gasteiger partial charge in [0.25, 0.3) is 0 Å². The molecule has 1 heterocycles. The van der Waals surface area contributed by atoms with Crippen LogP contribution in [-0.2, 0) is 11.8 Å². The fourth-order valence-electron chi connectivity index (χ4n) is 0.862. The molecule has 0 aromatic carbocycles. The molecule has 0 radical (unpaired) electrons. The molecule has 0 unspecified atom stereocenters. The second-order valence-electron chi connectivity index (χ2n) is 2.15. The molecule has 0 fully saturated rings. The molecule has 0 saturated heterocycles. The second kappa shape index (κ2) is 2.65. The Bertz CT molecular complexity index is 258. The van der Waals surface area contributed by atoms with Gasteiger partial charge in [0, 0.05) is 13.2 Å². The summed E-state index contributed by atoms with van der Waals surface area (Å²) in [6, 6.07) is 1.44. The van der Waals surface area contributed by atoms with Gasteiger partial charge in [-0.05, 0) is 6.07 Å². The van der Waals surface area contributed by atoms with Crippen LogP contribution in [0.15, 0.2) is 12.3 Å². The zero-order chi connectivity index (χ0) is 8.43. The molecular weight excluding hydrogens is 146 g/mol. The Labute approximate surface area is 64.0 Å². The lowest BCUT2D eigenvalue weighted by Gasteiger charge is -2.00. The Balaban J connectivity index is 3.10. The van der Waals surface area contributed by atoms with E-state index < -0.39 is 5.97 Å². The number of hydrogen-bond donors (Lipinski definition) is 1. The number of aromatic nitrogens is 1. The summed E-state index contributed by atoms with van der Waals surface area (Å²) in [6.45, 7) is 0. The van der Waals surface area contributed by atoms with Crippen molar-refractivity contribution in [3.63, 3.8) is 0 Å². The summed E-state index contributed by atoms with van der Waals surface area (Å²) >= 11 is 0. The highest BCUT2D eigenvalue weighted by Crippen LogP contribution is 2.17. The molecule has 4 nitrogen and oxygen atoms in total. The molecule has 0 aliphatic heterocycles. The standard InChI is InChI=1S/C7H9NO3/c1-8-4-3-5(9)6(8)7(10)11-2/h3-4,9H,1-2H3. The molecule has 1 aromatic heterocycles. The summed E-state index contributed by atoms with van der Waals surface area (Å²) in [7, 11) is 2.93. The highest BCUT2D eigenvalue weighted by Gasteiger charge is 2.14. The van der Waals surface area contributed by atoms with Crippen molar-refractivity contribution in [3.05, 3.63) is 18.0 Å². The number of ether oxygens (including phenoxy) is 1. The molecule has 0 atom stereocenters. The lowest BCUT2D eigenvalue weighted by molar-refractivity contribution is 0.0586. The average molecular weight is 155 g/mol. The van der Waals surface area contributed by atoms with Gasteiger partial charge < -0.3 is 14.4 Å². The van der Waals surface area contributed by atoms with Crippen molar-refractivity contribution in [1.82, 2.24) is 4.57 Å². The second-order valence-corrected chi connectivity index (χ2v) is 2.15. The van der Waals surface area contributed by atoms with Crippen molar-refractivity contribution in [2.75, 3.05) is 7.11 Å². The largest absolute Gasteiger partial charge is 0.505 e. The minimum atomic E-state index is -0.532. The number of esters is 1. The van der Waals surface area contributed by atoms with E-state index in [2.05, 4.69) is 4.74 Å². The average Bonchev–Trinajstić information content (AvgIpc) is 2.30. The van der Waals surface area contributed by atoms with E-state index in [4.69, 9.17) is 5.11 Å². The van der Waals surface area contributed by atoms with Gasteiger partial charge in [-0.15, -0.1) is 0 Å². The summed E-state index contributed by atoms with van der Waals surface area (Å²) in [6.07, 6.45) is 1.58. The van der Waals surface area contributed by atoms with Gasteiger partial charge in [0.05, 0.1) is 7.11 Å². The van der Waals surface area contributed by atoms with Crippen LogP contribution in [0.5, 0.6) is 5.75 Å². The fourth-order valence-corrected chi connectivity index (χ4v) is 0.862. The van der Waals surface area contributed by atoms with Crippen molar-refractivity contribution in [1.29, 1.82) is 0 Å². The molecule has 0 spiro atoms. The Morgan fingerprint density at radius 3 is 2.73 bits per heavy atom. The number of aryl methyl sites for hydroxylation is 1. The van der Waals surface area contributed by atoms with Gasteiger partial charge in [-0.25, -0.2) is 4.79 Å². The molecule has 0 aliphatic carbocycles. The van der Waals surface area contributed by atoms with E-state index in [0.717, 1.165) is 0 Å². The number of rotatable bonds is 1. The monoisotopic (exact) mass is 155 g/mol. The smallest absolute Gasteiger partial charge is 0.358 e. The molecule has 1 aromatic rings. The maximum absolute atomic E-state index is 10.9. The van der Waals surface area contributed by atoms with Crippen molar-refractivity contribution in [3.8, 4) is 5.75 Å². The Kier molecular flexibility index (Phi) is 1.85. The maximum atomic E-state index is 10.9. The first-order valence-corrected chi connectivity index (χ1v) is 3.09.